The summed E-state index contributed by atoms with van der Waals surface area (Å²) in [4.78, 5) is 19.6. The van der Waals surface area contributed by atoms with Crippen LogP contribution in [0.3, 0.4) is 0 Å². The number of esters is 1. The monoisotopic (exact) mass is 349 g/mol. The quantitative estimate of drug-likeness (QED) is 0.833. The molecule has 7 nitrogen and oxygen atoms in total. The van der Waals surface area contributed by atoms with Crippen LogP contribution in [-0.2, 0) is 14.8 Å². The number of aryl methyl sites for hydroxylation is 1. The van der Waals surface area contributed by atoms with Crippen LogP contribution in [0.2, 0.25) is 0 Å². The lowest BCUT2D eigenvalue weighted by Gasteiger charge is -2.14. The molecule has 2 aromatic rings. The van der Waals surface area contributed by atoms with Gasteiger partial charge in [-0.25, -0.2) is 23.2 Å². The summed E-state index contributed by atoms with van der Waals surface area (Å²) < 4.78 is 32.4. The molecule has 0 atom stereocenters. The van der Waals surface area contributed by atoms with E-state index in [-0.39, 0.29) is 22.2 Å². The van der Waals surface area contributed by atoms with E-state index in [4.69, 9.17) is 0 Å². The summed E-state index contributed by atoms with van der Waals surface area (Å²) >= 11 is 0. The van der Waals surface area contributed by atoms with Crippen molar-refractivity contribution in [3.05, 3.63) is 47.4 Å². The van der Waals surface area contributed by atoms with Gasteiger partial charge in [-0.1, -0.05) is 19.9 Å². The van der Waals surface area contributed by atoms with Crippen molar-refractivity contribution >= 4 is 21.8 Å². The van der Waals surface area contributed by atoms with Gasteiger partial charge in [0, 0.05) is 11.8 Å². The van der Waals surface area contributed by atoms with Crippen molar-refractivity contribution in [2.75, 3.05) is 11.8 Å². The number of aromatic nitrogens is 2. The minimum Gasteiger partial charge on any atom is -0.465 e. The molecule has 0 aliphatic rings. The Balaban J connectivity index is 2.44. The Labute approximate surface area is 141 Å². The highest BCUT2D eigenvalue weighted by Crippen LogP contribution is 2.24. The molecule has 24 heavy (non-hydrogen) atoms. The summed E-state index contributed by atoms with van der Waals surface area (Å²) in [7, 11) is -2.65. The molecule has 128 valence electrons. The number of hydrogen-bond donors (Lipinski definition) is 1. The second kappa shape index (κ2) is 6.96. The van der Waals surface area contributed by atoms with E-state index in [9.17, 15) is 13.2 Å². The molecule has 8 heteroatoms. The minimum absolute atomic E-state index is 0.0400. The summed E-state index contributed by atoms with van der Waals surface area (Å²) in [6, 6.07) is 4.28. The Morgan fingerprint density at radius 2 is 2.00 bits per heavy atom. The molecule has 0 aliphatic carbocycles. The molecule has 1 aromatic heterocycles. The van der Waals surface area contributed by atoms with E-state index in [2.05, 4.69) is 19.4 Å². The van der Waals surface area contributed by atoms with Gasteiger partial charge >= 0.3 is 5.97 Å². The van der Waals surface area contributed by atoms with Gasteiger partial charge in [-0.3, -0.25) is 4.72 Å². The van der Waals surface area contributed by atoms with Gasteiger partial charge in [-0.05, 0) is 30.5 Å². The third-order valence-electron chi connectivity index (χ3n) is 3.52. The molecule has 1 heterocycles. The van der Waals surface area contributed by atoms with Gasteiger partial charge in [-0.2, -0.15) is 0 Å². The van der Waals surface area contributed by atoms with Crippen LogP contribution in [0.15, 0.2) is 35.6 Å². The van der Waals surface area contributed by atoms with Crippen LogP contribution >= 0.6 is 0 Å². The van der Waals surface area contributed by atoms with Crippen molar-refractivity contribution in [1.82, 2.24) is 9.97 Å². The van der Waals surface area contributed by atoms with E-state index in [0.29, 0.717) is 11.1 Å². The van der Waals surface area contributed by atoms with Gasteiger partial charge in [0.2, 0.25) is 0 Å². The average molecular weight is 349 g/mol. The summed E-state index contributed by atoms with van der Waals surface area (Å²) in [5.41, 5.74) is 1.51. The maximum Gasteiger partial charge on any atom is 0.338 e. The number of benzene rings is 1. The van der Waals surface area contributed by atoms with Crippen LogP contribution in [0.1, 0.15) is 41.3 Å². The van der Waals surface area contributed by atoms with E-state index in [0.717, 1.165) is 0 Å². The van der Waals surface area contributed by atoms with Gasteiger partial charge < -0.3 is 4.74 Å². The molecule has 0 aliphatic heterocycles. The number of nitrogens with one attached hydrogen (secondary N) is 1. The first-order valence-corrected chi connectivity index (χ1v) is 8.76. The molecule has 0 radical (unpaired) electrons. The Morgan fingerprint density at radius 3 is 2.62 bits per heavy atom. The molecule has 2 rings (SSSR count). The number of carbonyl (C=O) groups excluding carboxylic acids is 1. The Bertz CT molecular complexity index is 863. The maximum atomic E-state index is 12.6. The first-order valence-electron chi connectivity index (χ1n) is 7.28. The van der Waals surface area contributed by atoms with Crippen LogP contribution < -0.4 is 4.72 Å². The van der Waals surface area contributed by atoms with E-state index in [1.54, 1.807) is 19.2 Å². The lowest BCUT2D eigenvalue weighted by atomic mass is 10.1. The minimum atomic E-state index is -3.90. The van der Waals surface area contributed by atoms with Crippen LogP contribution in [0.5, 0.6) is 0 Å². The number of rotatable bonds is 5. The smallest absolute Gasteiger partial charge is 0.338 e. The molecule has 0 fully saturated rings. The van der Waals surface area contributed by atoms with Gasteiger partial charge in [-0.15, -0.1) is 0 Å². The first-order chi connectivity index (χ1) is 11.3. The summed E-state index contributed by atoms with van der Waals surface area (Å²) in [6.45, 7) is 5.53. The zero-order chi connectivity index (χ0) is 17.9. The molecule has 0 spiro atoms. The topological polar surface area (TPSA) is 98.2 Å². The fourth-order valence-electron chi connectivity index (χ4n) is 2.13. The standard InChI is InChI=1S/C16H19N3O4S/c1-10(2)14-8-17-9-18-15(14)19-24(21,22)12-6-5-11(3)13(7-12)16(20)23-4/h5-10H,1-4H3,(H,17,18,19). The third-order valence-corrected chi connectivity index (χ3v) is 4.85. The first kappa shape index (κ1) is 17.9. The number of hydrogen-bond acceptors (Lipinski definition) is 6. The van der Waals surface area contributed by atoms with Crippen molar-refractivity contribution in [3.63, 3.8) is 0 Å². The van der Waals surface area contributed by atoms with Crippen LogP contribution in [0.25, 0.3) is 0 Å². The number of sulfonamides is 1. The Kier molecular flexibility index (Phi) is 5.18. The molecule has 0 unspecified atom stereocenters. The second-order valence-corrected chi connectivity index (χ2v) is 7.24. The van der Waals surface area contributed by atoms with Gasteiger partial charge in [0.25, 0.3) is 10.0 Å². The van der Waals surface area contributed by atoms with Gasteiger partial charge in [0.05, 0.1) is 17.6 Å². The molecule has 1 aromatic carbocycles. The van der Waals surface area contributed by atoms with Crippen molar-refractivity contribution in [2.45, 2.75) is 31.6 Å². The zero-order valence-corrected chi connectivity index (χ0v) is 14.7. The van der Waals surface area contributed by atoms with Crippen LogP contribution in [0.4, 0.5) is 5.82 Å². The zero-order valence-electron chi connectivity index (χ0n) is 13.9. The summed E-state index contributed by atoms with van der Waals surface area (Å²) in [5, 5.41) is 0. The number of ether oxygens (including phenoxy) is 1. The highest BCUT2D eigenvalue weighted by atomic mass is 32.2. The molecule has 0 saturated carbocycles. The predicted molar refractivity (Wildman–Crippen MR) is 89.4 cm³/mol. The number of methoxy groups -OCH3 is 1. The van der Waals surface area contributed by atoms with Crippen molar-refractivity contribution in [2.24, 2.45) is 0 Å². The highest BCUT2D eigenvalue weighted by Gasteiger charge is 2.21. The number of anilines is 1. The van der Waals surface area contributed by atoms with Crippen molar-refractivity contribution < 1.29 is 17.9 Å². The lowest BCUT2D eigenvalue weighted by molar-refractivity contribution is 0.0599. The second-order valence-electron chi connectivity index (χ2n) is 5.56. The molecule has 0 amide bonds. The van der Waals surface area contributed by atoms with E-state index < -0.39 is 16.0 Å². The fourth-order valence-corrected chi connectivity index (χ4v) is 3.20. The number of carbonyl (C=O) groups is 1. The third kappa shape index (κ3) is 3.70. The average Bonchev–Trinajstić information content (AvgIpc) is 2.54. The SMILES string of the molecule is COC(=O)c1cc(S(=O)(=O)Nc2ncncc2C(C)C)ccc1C. The van der Waals surface area contributed by atoms with Gasteiger partial charge in [0.15, 0.2) is 0 Å². The summed E-state index contributed by atoms with van der Waals surface area (Å²) in [5.74, 6) is -0.317. The Morgan fingerprint density at radius 1 is 1.29 bits per heavy atom. The largest absolute Gasteiger partial charge is 0.465 e. The van der Waals surface area contributed by atoms with Crippen LogP contribution in [0, 0.1) is 6.92 Å². The highest BCUT2D eigenvalue weighted by molar-refractivity contribution is 7.92. The maximum absolute atomic E-state index is 12.6. The fraction of sp³-hybridized carbons (Fsp3) is 0.312. The number of nitrogens with zero attached hydrogens (tertiary/aromatic N) is 2. The Hall–Kier alpha value is -2.48. The molecule has 1 N–H and O–H groups in total. The van der Waals surface area contributed by atoms with E-state index >= 15 is 0 Å². The summed E-state index contributed by atoms with van der Waals surface area (Å²) in [6.07, 6.45) is 2.85. The van der Waals surface area contributed by atoms with E-state index in [1.807, 2.05) is 13.8 Å². The van der Waals surface area contributed by atoms with Gasteiger partial charge in [0.1, 0.15) is 12.1 Å². The molecular weight excluding hydrogens is 330 g/mol. The normalized spacial score (nSPS) is 11.4. The molecular formula is C16H19N3O4S. The molecule has 0 saturated heterocycles. The lowest BCUT2D eigenvalue weighted by Crippen LogP contribution is -2.17. The van der Waals surface area contributed by atoms with E-state index in [1.165, 1.54) is 25.6 Å². The predicted octanol–water partition coefficient (Wildman–Crippen LogP) is 2.50. The van der Waals surface area contributed by atoms with Crippen molar-refractivity contribution in [1.29, 1.82) is 0 Å². The van der Waals surface area contributed by atoms with Crippen LogP contribution in [-0.4, -0.2) is 31.5 Å². The van der Waals surface area contributed by atoms with Crippen molar-refractivity contribution in [3.8, 4) is 0 Å². The molecule has 0 bridgehead atoms.